The summed E-state index contributed by atoms with van der Waals surface area (Å²) >= 11 is 0. The second kappa shape index (κ2) is 4.70. The van der Waals surface area contributed by atoms with E-state index in [0.717, 1.165) is 25.0 Å². The Hall–Kier alpha value is -1.61. The van der Waals surface area contributed by atoms with Crippen molar-refractivity contribution < 1.29 is 14.6 Å². The number of rotatable bonds is 1. The maximum absolute atomic E-state index is 12.4. The first-order chi connectivity index (χ1) is 10.9. The summed E-state index contributed by atoms with van der Waals surface area (Å²) in [5.74, 6) is 1.09. The van der Waals surface area contributed by atoms with E-state index >= 15 is 0 Å². The van der Waals surface area contributed by atoms with E-state index in [0.29, 0.717) is 6.42 Å². The second-order valence-corrected chi connectivity index (χ2v) is 7.73. The van der Waals surface area contributed by atoms with Crippen LogP contribution in [0, 0.1) is 16.7 Å². The fraction of sp³-hybridized carbons (Fsp3) is 0.550. The lowest BCUT2D eigenvalue weighted by molar-refractivity contribution is -0.124. The molecule has 1 N–H and O–H groups in total. The number of allylic oxidation sites excluding steroid dienone is 2. The van der Waals surface area contributed by atoms with E-state index in [2.05, 4.69) is 32.1 Å². The summed E-state index contributed by atoms with van der Waals surface area (Å²) in [6, 6.07) is 6.28. The lowest BCUT2D eigenvalue weighted by Crippen LogP contribution is -2.51. The maximum Gasteiger partial charge on any atom is 0.139 e. The van der Waals surface area contributed by atoms with Gasteiger partial charge in [-0.05, 0) is 48.1 Å². The first-order valence-electron chi connectivity index (χ1n) is 8.50. The van der Waals surface area contributed by atoms with E-state index < -0.39 is 6.10 Å². The number of ether oxygens (including phenoxy) is 1. The first-order valence-corrected chi connectivity index (χ1v) is 8.50. The van der Waals surface area contributed by atoms with Crippen LogP contribution in [0.2, 0.25) is 0 Å². The van der Waals surface area contributed by atoms with Gasteiger partial charge in [0.2, 0.25) is 0 Å². The zero-order valence-corrected chi connectivity index (χ0v) is 14.1. The average molecular weight is 312 g/mol. The number of aliphatic hydroxyl groups is 1. The third-order valence-electron chi connectivity index (χ3n) is 7.04. The SMILES string of the molecule is COc1ccc2c(c1)CC[C@@]1(C)C2=CC[C@H]2C(=O)C[C@H](O)[C@@]21C. The molecule has 0 bridgehead atoms. The normalized spacial score (nSPS) is 38.4. The summed E-state index contributed by atoms with van der Waals surface area (Å²) in [5.41, 5.74) is 3.39. The zero-order valence-electron chi connectivity index (χ0n) is 14.1. The molecule has 3 aliphatic rings. The third kappa shape index (κ3) is 1.72. The van der Waals surface area contributed by atoms with Gasteiger partial charge in [0.15, 0.2) is 0 Å². The Labute approximate surface area is 137 Å². The van der Waals surface area contributed by atoms with Crippen LogP contribution >= 0.6 is 0 Å². The van der Waals surface area contributed by atoms with Crippen LogP contribution < -0.4 is 4.74 Å². The summed E-state index contributed by atoms with van der Waals surface area (Å²) < 4.78 is 5.36. The van der Waals surface area contributed by atoms with Crippen molar-refractivity contribution in [1.29, 1.82) is 0 Å². The molecule has 1 fully saturated rings. The molecule has 1 aromatic carbocycles. The van der Waals surface area contributed by atoms with Gasteiger partial charge in [-0.3, -0.25) is 4.79 Å². The van der Waals surface area contributed by atoms with Crippen LogP contribution in [0.3, 0.4) is 0 Å². The summed E-state index contributed by atoms with van der Waals surface area (Å²) in [5, 5.41) is 10.7. The van der Waals surface area contributed by atoms with Crippen LogP contribution in [-0.4, -0.2) is 24.1 Å². The molecular weight excluding hydrogens is 288 g/mol. The molecule has 3 heteroatoms. The Morgan fingerprint density at radius 3 is 2.83 bits per heavy atom. The molecule has 3 nitrogen and oxygen atoms in total. The Morgan fingerprint density at radius 1 is 1.30 bits per heavy atom. The smallest absolute Gasteiger partial charge is 0.139 e. The summed E-state index contributed by atoms with van der Waals surface area (Å²) in [7, 11) is 1.70. The highest BCUT2D eigenvalue weighted by Crippen LogP contribution is 2.65. The fourth-order valence-corrected chi connectivity index (χ4v) is 5.35. The van der Waals surface area contributed by atoms with Crippen LogP contribution in [-0.2, 0) is 11.2 Å². The van der Waals surface area contributed by atoms with Crippen molar-refractivity contribution in [2.75, 3.05) is 7.11 Å². The van der Waals surface area contributed by atoms with Gasteiger partial charge in [-0.2, -0.15) is 0 Å². The van der Waals surface area contributed by atoms with Crippen molar-refractivity contribution in [1.82, 2.24) is 0 Å². The predicted molar refractivity (Wildman–Crippen MR) is 89.2 cm³/mol. The highest BCUT2D eigenvalue weighted by atomic mass is 16.5. The third-order valence-corrected chi connectivity index (χ3v) is 7.04. The molecule has 0 unspecified atom stereocenters. The topological polar surface area (TPSA) is 46.5 Å². The van der Waals surface area contributed by atoms with Crippen LogP contribution in [0.15, 0.2) is 24.3 Å². The highest BCUT2D eigenvalue weighted by molar-refractivity contribution is 5.89. The van der Waals surface area contributed by atoms with Crippen molar-refractivity contribution >= 4 is 11.4 Å². The van der Waals surface area contributed by atoms with Crippen molar-refractivity contribution in [3.8, 4) is 5.75 Å². The van der Waals surface area contributed by atoms with Crippen molar-refractivity contribution in [2.45, 2.75) is 45.6 Å². The van der Waals surface area contributed by atoms with Gasteiger partial charge in [0.1, 0.15) is 11.5 Å². The van der Waals surface area contributed by atoms with E-state index in [4.69, 9.17) is 4.74 Å². The average Bonchev–Trinajstić information content (AvgIpc) is 2.77. The highest BCUT2D eigenvalue weighted by Gasteiger charge is 2.63. The molecule has 0 saturated heterocycles. The number of aryl methyl sites for hydroxylation is 1. The van der Waals surface area contributed by atoms with Crippen molar-refractivity contribution in [3.05, 3.63) is 35.4 Å². The van der Waals surface area contributed by atoms with Gasteiger partial charge in [-0.1, -0.05) is 26.0 Å². The second-order valence-electron chi connectivity index (χ2n) is 7.73. The molecule has 0 amide bonds. The van der Waals surface area contributed by atoms with Crippen molar-refractivity contribution in [3.63, 3.8) is 0 Å². The monoisotopic (exact) mass is 312 g/mol. The van der Waals surface area contributed by atoms with E-state index in [1.807, 2.05) is 6.07 Å². The molecule has 0 spiro atoms. The fourth-order valence-electron chi connectivity index (χ4n) is 5.35. The Kier molecular flexibility index (Phi) is 3.05. The lowest BCUT2D eigenvalue weighted by Gasteiger charge is -2.55. The number of fused-ring (bicyclic) bond motifs is 5. The van der Waals surface area contributed by atoms with Gasteiger partial charge in [-0.15, -0.1) is 0 Å². The van der Waals surface area contributed by atoms with Gasteiger partial charge < -0.3 is 9.84 Å². The number of methoxy groups -OCH3 is 1. The number of carbonyl (C=O) groups excluding carboxylic acids is 1. The minimum Gasteiger partial charge on any atom is -0.497 e. The van der Waals surface area contributed by atoms with Crippen LogP contribution in [0.4, 0.5) is 0 Å². The lowest BCUT2D eigenvalue weighted by atomic mass is 9.48. The number of benzene rings is 1. The standard InChI is InChI=1S/C20H24O3/c1-19-9-8-12-10-13(23-3)4-5-14(12)15(19)6-7-16-17(21)11-18(22)20(16,19)2/h4-6,10,16,18,22H,7-9,11H2,1-3H3/t16-,18-,19-,20+/m0/s1. The Bertz CT molecular complexity index is 720. The molecule has 0 aromatic heterocycles. The number of aliphatic hydroxyl groups excluding tert-OH is 1. The molecule has 4 atom stereocenters. The van der Waals surface area contributed by atoms with E-state index in [9.17, 15) is 9.90 Å². The van der Waals surface area contributed by atoms with Gasteiger partial charge in [0.25, 0.3) is 0 Å². The van der Waals surface area contributed by atoms with Crippen LogP contribution in [0.5, 0.6) is 5.75 Å². The number of ketones is 1. The van der Waals surface area contributed by atoms with E-state index in [-0.39, 0.29) is 22.5 Å². The van der Waals surface area contributed by atoms with Crippen LogP contribution in [0.1, 0.15) is 44.2 Å². The van der Waals surface area contributed by atoms with E-state index in [1.165, 1.54) is 16.7 Å². The quantitative estimate of drug-likeness (QED) is 0.864. The molecule has 1 aromatic rings. The molecule has 3 aliphatic carbocycles. The van der Waals surface area contributed by atoms with Gasteiger partial charge in [0.05, 0.1) is 13.2 Å². The molecule has 0 aliphatic heterocycles. The molecule has 0 heterocycles. The van der Waals surface area contributed by atoms with E-state index in [1.54, 1.807) is 7.11 Å². The Balaban J connectivity index is 1.88. The number of hydrogen-bond acceptors (Lipinski definition) is 3. The minimum atomic E-state index is -0.534. The van der Waals surface area contributed by atoms with Crippen LogP contribution in [0.25, 0.3) is 5.57 Å². The first kappa shape index (κ1) is 14.9. The largest absolute Gasteiger partial charge is 0.497 e. The molecule has 4 rings (SSSR count). The molecule has 0 radical (unpaired) electrons. The van der Waals surface area contributed by atoms with Gasteiger partial charge >= 0.3 is 0 Å². The maximum atomic E-state index is 12.4. The minimum absolute atomic E-state index is 0.0361. The molecule has 1 saturated carbocycles. The molecule has 122 valence electrons. The summed E-state index contributed by atoms with van der Waals surface area (Å²) in [6.07, 6.45) is 4.72. The Morgan fingerprint density at radius 2 is 2.09 bits per heavy atom. The number of Topliss-reactive ketones (excluding diaryl/α,β-unsaturated/α-hetero) is 1. The van der Waals surface area contributed by atoms with Gasteiger partial charge in [-0.25, -0.2) is 0 Å². The molecule has 23 heavy (non-hydrogen) atoms. The summed E-state index contributed by atoms with van der Waals surface area (Å²) in [4.78, 5) is 12.4. The number of hydrogen-bond donors (Lipinski definition) is 1. The predicted octanol–water partition coefficient (Wildman–Crippen LogP) is 3.39. The molecular formula is C20H24O3. The van der Waals surface area contributed by atoms with Gasteiger partial charge in [0, 0.05) is 23.2 Å². The number of carbonyl (C=O) groups is 1. The summed E-state index contributed by atoms with van der Waals surface area (Å²) in [6.45, 7) is 4.38. The zero-order chi connectivity index (χ0) is 16.4. The van der Waals surface area contributed by atoms with Crippen molar-refractivity contribution in [2.24, 2.45) is 16.7 Å².